The van der Waals surface area contributed by atoms with Gasteiger partial charge >= 0.3 is 0 Å². The Balaban J connectivity index is 1.10. The first-order chi connectivity index (χ1) is 25.3. The molecule has 238 valence electrons. The fraction of sp³-hybridized carbons (Fsp3) is 0. The molecule has 11 aromatic rings. The maximum Gasteiger partial charge on any atom is 0.159 e. The van der Waals surface area contributed by atoms with E-state index in [2.05, 4.69) is 191 Å². The summed E-state index contributed by atoms with van der Waals surface area (Å²) in [6, 6.07) is 65.4. The van der Waals surface area contributed by atoms with Crippen LogP contribution < -0.4 is 0 Å². The quantitative estimate of drug-likeness (QED) is 0.186. The third-order valence-electron chi connectivity index (χ3n) is 10.5. The second-order valence-electron chi connectivity index (χ2n) is 13.3. The average Bonchev–Trinajstić information content (AvgIpc) is 3.85. The molecule has 51 heavy (non-hydrogen) atoms. The zero-order valence-corrected chi connectivity index (χ0v) is 27.6. The highest BCUT2D eigenvalue weighted by atomic mass is 16.3. The van der Waals surface area contributed by atoms with Crippen LogP contribution >= 0.6 is 0 Å². The molecule has 0 saturated heterocycles. The van der Waals surface area contributed by atoms with E-state index in [1.54, 1.807) is 0 Å². The number of nitrogens with zero attached hydrogens (tertiary/aromatic N) is 2. The predicted molar refractivity (Wildman–Crippen MR) is 213 cm³/mol. The Morgan fingerprint density at radius 2 is 0.843 bits per heavy atom. The lowest BCUT2D eigenvalue weighted by atomic mass is 10.0. The number of benzene rings is 8. The molecule has 0 N–H and O–H groups in total. The monoisotopic (exact) mass is 650 g/mol. The van der Waals surface area contributed by atoms with Crippen LogP contribution in [-0.2, 0) is 0 Å². The Hall–Kier alpha value is -6.84. The Kier molecular flexibility index (Phi) is 5.96. The van der Waals surface area contributed by atoms with Crippen LogP contribution in [0.3, 0.4) is 0 Å². The first kappa shape index (κ1) is 28.0. The van der Waals surface area contributed by atoms with Gasteiger partial charge in [0.05, 0.1) is 27.8 Å². The third-order valence-corrected chi connectivity index (χ3v) is 10.5. The van der Waals surface area contributed by atoms with Crippen LogP contribution in [0.1, 0.15) is 0 Å². The summed E-state index contributed by atoms with van der Waals surface area (Å²) >= 11 is 0. The van der Waals surface area contributed by atoms with Gasteiger partial charge in [0.25, 0.3) is 0 Å². The third kappa shape index (κ3) is 4.19. The Morgan fingerprint density at radius 3 is 1.55 bits per heavy atom. The molecule has 3 heteroatoms. The topological polar surface area (TPSA) is 23.0 Å². The van der Waals surface area contributed by atoms with E-state index in [4.69, 9.17) is 4.42 Å². The van der Waals surface area contributed by atoms with Crippen LogP contribution in [0.25, 0.3) is 99.2 Å². The largest absolute Gasteiger partial charge is 0.454 e. The van der Waals surface area contributed by atoms with Crippen LogP contribution in [0.2, 0.25) is 0 Å². The van der Waals surface area contributed by atoms with Gasteiger partial charge in [-0.2, -0.15) is 0 Å². The van der Waals surface area contributed by atoms with Gasteiger partial charge in [-0.05, 0) is 89.0 Å². The van der Waals surface area contributed by atoms with Gasteiger partial charge in [0.2, 0.25) is 0 Å². The molecule has 0 aliphatic rings. The summed E-state index contributed by atoms with van der Waals surface area (Å²) in [6.07, 6.45) is 0. The Labute approximate surface area is 293 Å². The maximum atomic E-state index is 6.75. The molecule has 0 amide bonds. The smallest absolute Gasteiger partial charge is 0.159 e. The minimum absolute atomic E-state index is 0.893. The van der Waals surface area contributed by atoms with Crippen LogP contribution in [0.4, 0.5) is 0 Å². The fourth-order valence-electron chi connectivity index (χ4n) is 8.19. The van der Waals surface area contributed by atoms with E-state index in [1.807, 2.05) is 0 Å². The number of rotatable bonds is 4. The number of para-hydroxylation sites is 4. The summed E-state index contributed by atoms with van der Waals surface area (Å²) in [6.45, 7) is 0. The number of aromatic nitrogens is 2. The van der Waals surface area contributed by atoms with Gasteiger partial charge in [-0.1, -0.05) is 115 Å². The molecule has 0 unspecified atom stereocenters. The van der Waals surface area contributed by atoms with E-state index in [1.165, 1.54) is 55.0 Å². The summed E-state index contributed by atoms with van der Waals surface area (Å²) in [4.78, 5) is 0. The molecule has 0 atom stereocenters. The standard InChI is InChI=1S/C48H30N2O/c1-3-12-31(13-4-1)34-22-25-38-39-18-11-21-46(48(39)51-47(38)30-34)50-43-20-10-8-17-37(43)41-29-33(24-27-45(41)50)32-23-26-44-40(28-32)36-16-7-9-19-42(36)49(44)35-14-5-2-6-15-35/h1-30H. The van der Waals surface area contributed by atoms with Crippen molar-refractivity contribution in [2.24, 2.45) is 0 Å². The molecule has 0 aliphatic carbocycles. The van der Waals surface area contributed by atoms with Crippen molar-refractivity contribution in [1.82, 2.24) is 9.13 Å². The van der Waals surface area contributed by atoms with Crippen LogP contribution in [0, 0.1) is 0 Å². The molecular formula is C48H30N2O. The summed E-state index contributed by atoms with van der Waals surface area (Å²) in [5.41, 5.74) is 13.4. The highest BCUT2D eigenvalue weighted by Gasteiger charge is 2.19. The number of fused-ring (bicyclic) bond motifs is 9. The van der Waals surface area contributed by atoms with Crippen molar-refractivity contribution in [3.8, 4) is 33.6 Å². The lowest BCUT2D eigenvalue weighted by Crippen LogP contribution is -1.94. The minimum Gasteiger partial charge on any atom is -0.454 e. The van der Waals surface area contributed by atoms with Gasteiger partial charge in [0.1, 0.15) is 5.58 Å². The highest BCUT2D eigenvalue weighted by molar-refractivity contribution is 6.14. The van der Waals surface area contributed by atoms with Gasteiger partial charge in [0.15, 0.2) is 5.58 Å². The normalized spacial score (nSPS) is 11.9. The first-order valence-electron chi connectivity index (χ1n) is 17.4. The van der Waals surface area contributed by atoms with E-state index < -0.39 is 0 Å². The predicted octanol–water partition coefficient (Wildman–Crippen LogP) is 13.1. The zero-order chi connectivity index (χ0) is 33.5. The summed E-state index contributed by atoms with van der Waals surface area (Å²) in [5.74, 6) is 0. The van der Waals surface area contributed by atoms with Crippen LogP contribution in [0.5, 0.6) is 0 Å². The summed E-state index contributed by atoms with van der Waals surface area (Å²) in [7, 11) is 0. The molecule has 3 heterocycles. The summed E-state index contributed by atoms with van der Waals surface area (Å²) in [5, 5.41) is 7.18. The van der Waals surface area contributed by atoms with Crippen molar-refractivity contribution in [3.63, 3.8) is 0 Å². The zero-order valence-electron chi connectivity index (χ0n) is 27.6. The fourth-order valence-corrected chi connectivity index (χ4v) is 8.19. The highest BCUT2D eigenvalue weighted by Crippen LogP contribution is 2.41. The van der Waals surface area contributed by atoms with Crippen molar-refractivity contribution in [1.29, 1.82) is 0 Å². The second kappa shape index (κ2) is 10.8. The number of hydrogen-bond acceptors (Lipinski definition) is 1. The van der Waals surface area contributed by atoms with Crippen molar-refractivity contribution >= 4 is 65.6 Å². The lowest BCUT2D eigenvalue weighted by Gasteiger charge is -2.10. The Bertz CT molecular complexity index is 3130. The average molecular weight is 651 g/mol. The van der Waals surface area contributed by atoms with Gasteiger partial charge in [0, 0.05) is 38.0 Å². The molecule has 11 rings (SSSR count). The van der Waals surface area contributed by atoms with Crippen molar-refractivity contribution in [3.05, 3.63) is 182 Å². The van der Waals surface area contributed by atoms with Gasteiger partial charge in [-0.15, -0.1) is 0 Å². The molecule has 3 aromatic heterocycles. The van der Waals surface area contributed by atoms with Crippen molar-refractivity contribution < 1.29 is 4.42 Å². The number of hydrogen-bond donors (Lipinski definition) is 0. The second-order valence-corrected chi connectivity index (χ2v) is 13.3. The van der Waals surface area contributed by atoms with E-state index in [9.17, 15) is 0 Å². The molecular weight excluding hydrogens is 621 g/mol. The molecule has 0 spiro atoms. The van der Waals surface area contributed by atoms with Gasteiger partial charge < -0.3 is 13.6 Å². The van der Waals surface area contributed by atoms with E-state index in [0.29, 0.717) is 0 Å². The van der Waals surface area contributed by atoms with Gasteiger partial charge in [-0.3, -0.25) is 0 Å². The molecule has 0 saturated carbocycles. The molecule has 8 aromatic carbocycles. The van der Waals surface area contributed by atoms with Gasteiger partial charge in [-0.25, -0.2) is 0 Å². The van der Waals surface area contributed by atoms with Crippen molar-refractivity contribution in [2.45, 2.75) is 0 Å². The first-order valence-corrected chi connectivity index (χ1v) is 17.4. The van der Waals surface area contributed by atoms with E-state index in [0.717, 1.165) is 44.2 Å². The molecule has 0 radical (unpaired) electrons. The molecule has 3 nitrogen and oxygen atoms in total. The SMILES string of the molecule is c1ccc(-c2ccc3c(c2)oc2c(-n4c5ccccc5c5cc(-c6ccc7c(c6)c6ccccc6n7-c6ccccc6)ccc54)cccc23)cc1. The molecule has 0 bridgehead atoms. The molecule has 0 aliphatic heterocycles. The Morgan fingerprint density at radius 1 is 0.314 bits per heavy atom. The van der Waals surface area contributed by atoms with Crippen LogP contribution in [0.15, 0.2) is 186 Å². The molecule has 0 fully saturated rings. The number of furan rings is 1. The van der Waals surface area contributed by atoms with Crippen LogP contribution in [-0.4, -0.2) is 9.13 Å². The maximum absolute atomic E-state index is 6.75. The van der Waals surface area contributed by atoms with Crippen molar-refractivity contribution in [2.75, 3.05) is 0 Å². The van der Waals surface area contributed by atoms with E-state index in [-0.39, 0.29) is 0 Å². The lowest BCUT2D eigenvalue weighted by molar-refractivity contribution is 0.666. The minimum atomic E-state index is 0.893. The summed E-state index contributed by atoms with van der Waals surface area (Å²) < 4.78 is 11.5. The van der Waals surface area contributed by atoms with E-state index >= 15 is 0 Å².